The Labute approximate surface area is 123 Å². The molecular weight excluding hydrogens is 286 g/mol. The van der Waals surface area contributed by atoms with E-state index >= 15 is 0 Å². The van der Waals surface area contributed by atoms with Crippen LogP contribution >= 0.6 is 12.4 Å². The molecule has 5 nitrogen and oxygen atoms in total. The second-order valence-electron chi connectivity index (χ2n) is 5.80. The Morgan fingerprint density at radius 3 is 2.21 bits per heavy atom. The fourth-order valence-corrected chi connectivity index (χ4v) is 3.76. The minimum Gasteiger partial charge on any atom is -0.314 e. The molecule has 0 aromatic rings. The van der Waals surface area contributed by atoms with Crippen LogP contribution in [0.1, 0.15) is 39.5 Å². The zero-order valence-corrected chi connectivity index (χ0v) is 13.4. The van der Waals surface area contributed by atoms with Crippen molar-refractivity contribution in [3.8, 4) is 0 Å². The van der Waals surface area contributed by atoms with Crippen molar-refractivity contribution in [2.75, 3.05) is 19.6 Å². The number of hydrogen-bond acceptors (Lipinski definition) is 3. The zero-order chi connectivity index (χ0) is 13.2. The largest absolute Gasteiger partial charge is 0.314 e. The van der Waals surface area contributed by atoms with Crippen molar-refractivity contribution in [2.45, 2.75) is 51.6 Å². The summed E-state index contributed by atoms with van der Waals surface area (Å²) in [4.78, 5) is 0. The number of piperidine rings is 1. The van der Waals surface area contributed by atoms with Crippen molar-refractivity contribution in [2.24, 2.45) is 5.92 Å². The van der Waals surface area contributed by atoms with E-state index in [0.29, 0.717) is 19.1 Å². The number of halogens is 1. The molecular formula is C12H26ClN3O2S. The zero-order valence-electron chi connectivity index (χ0n) is 11.8. The average Bonchev–Trinajstić information content (AvgIpc) is 3.09. The van der Waals surface area contributed by atoms with Gasteiger partial charge in [-0.2, -0.15) is 17.4 Å². The molecule has 2 rings (SSSR count). The molecule has 2 aliphatic rings. The molecule has 114 valence electrons. The molecule has 19 heavy (non-hydrogen) atoms. The SMILES string of the molecule is CC(C)NS(=O)(=O)N1CCC(NCC2CC2)CC1.Cl. The van der Waals surface area contributed by atoms with E-state index in [1.165, 1.54) is 12.8 Å². The van der Waals surface area contributed by atoms with Crippen LogP contribution in [-0.4, -0.2) is 44.4 Å². The average molecular weight is 312 g/mol. The third kappa shape index (κ3) is 5.55. The van der Waals surface area contributed by atoms with E-state index in [1.807, 2.05) is 13.8 Å². The van der Waals surface area contributed by atoms with Crippen LogP contribution in [0.3, 0.4) is 0 Å². The van der Waals surface area contributed by atoms with E-state index in [4.69, 9.17) is 0 Å². The molecule has 0 aromatic heterocycles. The summed E-state index contributed by atoms with van der Waals surface area (Å²) in [5.41, 5.74) is 0. The Morgan fingerprint density at radius 1 is 1.16 bits per heavy atom. The van der Waals surface area contributed by atoms with Gasteiger partial charge in [0, 0.05) is 25.2 Å². The van der Waals surface area contributed by atoms with Gasteiger partial charge in [-0.25, -0.2) is 0 Å². The predicted molar refractivity (Wildman–Crippen MR) is 79.8 cm³/mol. The van der Waals surface area contributed by atoms with Gasteiger partial charge >= 0.3 is 0 Å². The molecule has 0 bridgehead atoms. The molecule has 1 heterocycles. The van der Waals surface area contributed by atoms with Gasteiger partial charge in [0.15, 0.2) is 0 Å². The minimum absolute atomic E-state index is 0. The smallest absolute Gasteiger partial charge is 0.279 e. The Balaban J connectivity index is 0.00000180. The number of nitrogens with one attached hydrogen (secondary N) is 2. The van der Waals surface area contributed by atoms with Crippen LogP contribution in [0.25, 0.3) is 0 Å². The Kier molecular flexibility index (Phi) is 6.53. The normalized spacial score (nSPS) is 22.5. The highest BCUT2D eigenvalue weighted by Gasteiger charge is 2.29. The van der Waals surface area contributed by atoms with Crippen molar-refractivity contribution in [3.63, 3.8) is 0 Å². The van der Waals surface area contributed by atoms with Crippen molar-refractivity contribution in [1.29, 1.82) is 0 Å². The van der Waals surface area contributed by atoms with Crippen LogP contribution in [0.4, 0.5) is 0 Å². The fraction of sp³-hybridized carbons (Fsp3) is 1.00. The predicted octanol–water partition coefficient (Wildman–Crippen LogP) is 1.11. The Hall–Kier alpha value is 0.120. The van der Waals surface area contributed by atoms with Gasteiger partial charge in [0.25, 0.3) is 10.2 Å². The maximum atomic E-state index is 12.0. The van der Waals surface area contributed by atoms with Crippen LogP contribution in [0.5, 0.6) is 0 Å². The summed E-state index contributed by atoms with van der Waals surface area (Å²) in [5.74, 6) is 0.884. The van der Waals surface area contributed by atoms with E-state index in [1.54, 1.807) is 4.31 Å². The molecule has 1 saturated carbocycles. The summed E-state index contributed by atoms with van der Waals surface area (Å²) in [6, 6.07) is 0.455. The molecule has 0 radical (unpaired) electrons. The first kappa shape index (κ1) is 17.2. The molecule has 7 heteroatoms. The van der Waals surface area contributed by atoms with Crippen LogP contribution in [-0.2, 0) is 10.2 Å². The number of hydrogen-bond donors (Lipinski definition) is 2. The molecule has 2 fully saturated rings. The molecule has 0 unspecified atom stereocenters. The van der Waals surface area contributed by atoms with Gasteiger partial charge in [-0.3, -0.25) is 0 Å². The highest BCUT2D eigenvalue weighted by molar-refractivity contribution is 7.87. The minimum atomic E-state index is -3.27. The van der Waals surface area contributed by atoms with E-state index in [0.717, 1.165) is 25.3 Å². The van der Waals surface area contributed by atoms with Crippen LogP contribution < -0.4 is 10.0 Å². The fourth-order valence-electron chi connectivity index (χ4n) is 2.33. The summed E-state index contributed by atoms with van der Waals surface area (Å²) in [6.45, 7) is 6.07. The first-order valence-electron chi connectivity index (χ1n) is 6.98. The molecule has 1 aliphatic carbocycles. The lowest BCUT2D eigenvalue weighted by atomic mass is 10.1. The number of rotatable bonds is 6. The van der Waals surface area contributed by atoms with E-state index < -0.39 is 10.2 Å². The van der Waals surface area contributed by atoms with E-state index in [2.05, 4.69) is 10.0 Å². The van der Waals surface area contributed by atoms with Gasteiger partial charge in [0.2, 0.25) is 0 Å². The molecule has 1 saturated heterocycles. The van der Waals surface area contributed by atoms with Gasteiger partial charge in [-0.1, -0.05) is 0 Å². The van der Waals surface area contributed by atoms with E-state index in [-0.39, 0.29) is 18.4 Å². The van der Waals surface area contributed by atoms with Gasteiger partial charge < -0.3 is 5.32 Å². The Bertz CT molecular complexity index is 363. The highest BCUT2D eigenvalue weighted by atomic mass is 35.5. The molecule has 0 atom stereocenters. The number of nitrogens with zero attached hydrogens (tertiary/aromatic N) is 1. The quantitative estimate of drug-likeness (QED) is 0.772. The standard InChI is InChI=1S/C12H25N3O2S.ClH/c1-10(2)14-18(16,17)15-7-5-12(6-8-15)13-9-11-3-4-11;/h10-14H,3-9H2,1-2H3;1H. The molecule has 0 spiro atoms. The summed E-state index contributed by atoms with van der Waals surface area (Å²) < 4.78 is 28.2. The first-order chi connectivity index (χ1) is 8.47. The van der Waals surface area contributed by atoms with Crippen LogP contribution in [0, 0.1) is 5.92 Å². The second kappa shape index (κ2) is 7.22. The van der Waals surface area contributed by atoms with Gasteiger partial charge in [-0.15, -0.1) is 12.4 Å². The first-order valence-corrected chi connectivity index (χ1v) is 8.42. The topological polar surface area (TPSA) is 61.4 Å². The van der Waals surface area contributed by atoms with Gasteiger partial charge in [0.05, 0.1) is 0 Å². The lowest BCUT2D eigenvalue weighted by Crippen LogP contribution is -2.50. The van der Waals surface area contributed by atoms with Crippen LogP contribution in [0.15, 0.2) is 0 Å². The third-order valence-corrected chi connectivity index (χ3v) is 5.38. The van der Waals surface area contributed by atoms with Crippen molar-refractivity contribution in [1.82, 2.24) is 14.3 Å². The maximum Gasteiger partial charge on any atom is 0.279 e. The van der Waals surface area contributed by atoms with Gasteiger partial charge in [-0.05, 0) is 52.0 Å². The van der Waals surface area contributed by atoms with Crippen molar-refractivity contribution < 1.29 is 8.42 Å². The van der Waals surface area contributed by atoms with Crippen molar-refractivity contribution in [3.05, 3.63) is 0 Å². The van der Waals surface area contributed by atoms with E-state index in [9.17, 15) is 8.42 Å². The lowest BCUT2D eigenvalue weighted by molar-refractivity contribution is 0.284. The van der Waals surface area contributed by atoms with Crippen LogP contribution in [0.2, 0.25) is 0 Å². The summed E-state index contributed by atoms with van der Waals surface area (Å²) in [6.07, 6.45) is 4.56. The third-order valence-electron chi connectivity index (χ3n) is 3.57. The summed E-state index contributed by atoms with van der Waals surface area (Å²) in [7, 11) is -3.27. The monoisotopic (exact) mass is 311 g/mol. The highest BCUT2D eigenvalue weighted by Crippen LogP contribution is 2.28. The Morgan fingerprint density at radius 2 is 1.74 bits per heavy atom. The molecule has 0 aromatic carbocycles. The molecule has 2 N–H and O–H groups in total. The molecule has 0 amide bonds. The second-order valence-corrected chi connectivity index (χ2v) is 7.50. The lowest BCUT2D eigenvalue weighted by Gasteiger charge is -2.32. The van der Waals surface area contributed by atoms with Gasteiger partial charge in [0.1, 0.15) is 0 Å². The molecule has 1 aliphatic heterocycles. The summed E-state index contributed by atoms with van der Waals surface area (Å²) in [5, 5.41) is 3.55. The van der Waals surface area contributed by atoms with Crippen molar-refractivity contribution >= 4 is 22.6 Å². The summed E-state index contributed by atoms with van der Waals surface area (Å²) >= 11 is 0. The maximum absolute atomic E-state index is 12.0.